The lowest BCUT2D eigenvalue weighted by Gasteiger charge is -2.05. The van der Waals surface area contributed by atoms with Crippen LogP contribution in [0.15, 0.2) is 22.0 Å². The van der Waals surface area contributed by atoms with Gasteiger partial charge in [0.2, 0.25) is 0 Å². The lowest BCUT2D eigenvalue weighted by Crippen LogP contribution is -1.85. The van der Waals surface area contributed by atoms with Crippen LogP contribution >= 0.6 is 27.3 Å². The summed E-state index contributed by atoms with van der Waals surface area (Å²) in [6, 6.07) is 3.04. The highest BCUT2D eigenvalue weighted by atomic mass is 79.9. The number of thiophene rings is 1. The fraction of sp³-hybridized carbons (Fsp3) is 0.111. The van der Waals surface area contributed by atoms with Crippen molar-refractivity contribution in [2.45, 2.75) is 6.43 Å². The minimum atomic E-state index is -2.65. The van der Waals surface area contributed by atoms with E-state index < -0.39 is 6.43 Å². The molecule has 0 aliphatic carbocycles. The summed E-state index contributed by atoms with van der Waals surface area (Å²) in [5.74, 6) is -0.312. The molecule has 1 nitrogen and oxygen atoms in total. The monoisotopic (exact) mass is 278 g/mol. The fourth-order valence-electron chi connectivity index (χ4n) is 1.26. The quantitative estimate of drug-likeness (QED) is 0.824. The molecule has 0 aliphatic rings. The number of phenolic OH excluding ortho intramolecular Hbond substituents is 1. The van der Waals surface area contributed by atoms with Crippen molar-refractivity contribution in [3.63, 3.8) is 0 Å². The highest BCUT2D eigenvalue weighted by Crippen LogP contribution is 2.41. The number of halogens is 3. The van der Waals surface area contributed by atoms with Gasteiger partial charge in [-0.1, -0.05) is 15.9 Å². The zero-order valence-corrected chi connectivity index (χ0v) is 9.20. The van der Waals surface area contributed by atoms with Gasteiger partial charge in [0.1, 0.15) is 5.75 Å². The lowest BCUT2D eigenvalue weighted by molar-refractivity contribution is 0.148. The molecule has 0 spiro atoms. The third-order valence-electron chi connectivity index (χ3n) is 1.93. The molecular formula is C9H5BrF2OS. The van der Waals surface area contributed by atoms with Crippen LogP contribution in [-0.2, 0) is 0 Å². The van der Waals surface area contributed by atoms with Gasteiger partial charge in [0.25, 0.3) is 6.43 Å². The summed E-state index contributed by atoms with van der Waals surface area (Å²) in [5.41, 5.74) is -0.327. The summed E-state index contributed by atoms with van der Waals surface area (Å²) in [4.78, 5) is 0. The summed E-state index contributed by atoms with van der Waals surface area (Å²) in [7, 11) is 0. The molecule has 5 heteroatoms. The maximum absolute atomic E-state index is 12.5. The van der Waals surface area contributed by atoms with Gasteiger partial charge in [0.15, 0.2) is 0 Å². The predicted octanol–water partition coefficient (Wildman–Crippen LogP) is 4.31. The van der Waals surface area contributed by atoms with Crippen LogP contribution in [0, 0.1) is 0 Å². The van der Waals surface area contributed by atoms with Crippen LogP contribution < -0.4 is 0 Å². The number of phenols is 1. The molecule has 0 bridgehead atoms. The average molecular weight is 279 g/mol. The van der Waals surface area contributed by atoms with Crippen molar-refractivity contribution in [2.75, 3.05) is 0 Å². The molecule has 0 atom stereocenters. The zero-order valence-electron chi connectivity index (χ0n) is 6.80. The number of hydrogen-bond acceptors (Lipinski definition) is 2. The van der Waals surface area contributed by atoms with E-state index in [1.54, 1.807) is 11.4 Å². The summed E-state index contributed by atoms with van der Waals surface area (Å²) in [5, 5.41) is 12.1. The van der Waals surface area contributed by atoms with E-state index >= 15 is 0 Å². The predicted molar refractivity (Wildman–Crippen MR) is 56.1 cm³/mol. The molecule has 0 fully saturated rings. The van der Waals surface area contributed by atoms with Crippen LogP contribution in [0.3, 0.4) is 0 Å². The van der Waals surface area contributed by atoms with Crippen molar-refractivity contribution in [3.8, 4) is 5.75 Å². The van der Waals surface area contributed by atoms with E-state index in [9.17, 15) is 13.9 Å². The minimum absolute atomic E-state index is 0.312. The first-order valence-electron chi connectivity index (χ1n) is 3.78. The van der Waals surface area contributed by atoms with Gasteiger partial charge in [-0.2, -0.15) is 0 Å². The van der Waals surface area contributed by atoms with Gasteiger partial charge in [-0.05, 0) is 17.5 Å². The maximum atomic E-state index is 12.5. The Morgan fingerprint density at radius 2 is 2.14 bits per heavy atom. The molecule has 1 heterocycles. The zero-order chi connectivity index (χ0) is 10.3. The van der Waals surface area contributed by atoms with Gasteiger partial charge in [0.05, 0.1) is 10.3 Å². The maximum Gasteiger partial charge on any atom is 0.267 e. The van der Waals surface area contributed by atoms with E-state index in [0.717, 1.165) is 5.39 Å². The average Bonchev–Trinajstić information content (AvgIpc) is 2.59. The second-order valence-corrected chi connectivity index (χ2v) is 4.53. The first-order valence-corrected chi connectivity index (χ1v) is 5.45. The summed E-state index contributed by atoms with van der Waals surface area (Å²) < 4.78 is 26.0. The van der Waals surface area contributed by atoms with Crippen LogP contribution in [0.2, 0.25) is 0 Å². The molecule has 1 N–H and O–H groups in total. The number of benzene rings is 1. The number of hydrogen-bond donors (Lipinski definition) is 1. The van der Waals surface area contributed by atoms with E-state index in [4.69, 9.17) is 0 Å². The Morgan fingerprint density at radius 1 is 1.43 bits per heavy atom. The number of alkyl halides is 2. The standard InChI is InChI=1S/C9H5BrF2OS/c10-6-3-5(9(11)12)7(13)8-4(6)1-2-14-8/h1-3,9,13H. The molecule has 0 saturated heterocycles. The van der Waals surface area contributed by atoms with Crippen molar-refractivity contribution in [1.29, 1.82) is 0 Å². The largest absolute Gasteiger partial charge is 0.506 e. The Bertz CT molecular complexity index is 481. The van der Waals surface area contributed by atoms with Crippen LogP contribution in [-0.4, -0.2) is 5.11 Å². The normalized spacial score (nSPS) is 11.4. The Hall–Kier alpha value is -0.680. The number of rotatable bonds is 1. The van der Waals surface area contributed by atoms with Crippen molar-refractivity contribution >= 4 is 37.4 Å². The Balaban J connectivity index is 2.82. The summed E-state index contributed by atoms with van der Waals surface area (Å²) >= 11 is 4.44. The Kier molecular flexibility index (Phi) is 2.45. The second-order valence-electron chi connectivity index (χ2n) is 2.76. The van der Waals surface area contributed by atoms with Gasteiger partial charge >= 0.3 is 0 Å². The molecule has 74 valence electrons. The molecule has 0 saturated carbocycles. The molecule has 1 aromatic carbocycles. The summed E-state index contributed by atoms with van der Waals surface area (Å²) in [6.07, 6.45) is -2.65. The molecule has 0 amide bonds. The number of fused-ring (bicyclic) bond motifs is 1. The lowest BCUT2D eigenvalue weighted by atomic mass is 10.1. The van der Waals surface area contributed by atoms with Gasteiger partial charge in [-0.25, -0.2) is 8.78 Å². The van der Waals surface area contributed by atoms with Gasteiger partial charge < -0.3 is 5.11 Å². The molecule has 0 aliphatic heterocycles. The molecule has 1 aromatic heterocycles. The smallest absolute Gasteiger partial charge is 0.267 e. The Labute approximate surface area is 91.1 Å². The highest BCUT2D eigenvalue weighted by Gasteiger charge is 2.17. The molecule has 2 aromatic rings. The first-order chi connectivity index (χ1) is 6.61. The van der Waals surface area contributed by atoms with Gasteiger partial charge in [-0.3, -0.25) is 0 Å². The van der Waals surface area contributed by atoms with E-state index in [2.05, 4.69) is 15.9 Å². The molecule has 14 heavy (non-hydrogen) atoms. The van der Waals surface area contributed by atoms with Crippen molar-refractivity contribution < 1.29 is 13.9 Å². The number of aromatic hydroxyl groups is 1. The van der Waals surface area contributed by atoms with E-state index in [1.165, 1.54) is 17.4 Å². The highest BCUT2D eigenvalue weighted by molar-refractivity contribution is 9.10. The second kappa shape index (κ2) is 3.47. The van der Waals surface area contributed by atoms with Crippen molar-refractivity contribution in [2.24, 2.45) is 0 Å². The molecule has 0 unspecified atom stereocenters. The molecule has 2 rings (SSSR count). The van der Waals surface area contributed by atoms with Crippen LogP contribution in [0.4, 0.5) is 8.78 Å². The SMILES string of the molecule is Oc1c(C(F)F)cc(Br)c2ccsc12. The van der Waals surface area contributed by atoms with Gasteiger partial charge in [-0.15, -0.1) is 11.3 Å². The van der Waals surface area contributed by atoms with E-state index in [-0.39, 0.29) is 11.3 Å². The van der Waals surface area contributed by atoms with Crippen LogP contribution in [0.1, 0.15) is 12.0 Å². The first kappa shape index (κ1) is 9.86. The summed E-state index contributed by atoms with van der Waals surface area (Å²) in [6.45, 7) is 0. The van der Waals surface area contributed by atoms with Gasteiger partial charge in [0, 0.05) is 9.86 Å². The van der Waals surface area contributed by atoms with E-state index in [0.29, 0.717) is 9.17 Å². The molecular weight excluding hydrogens is 274 g/mol. The third-order valence-corrected chi connectivity index (χ3v) is 3.51. The fourth-order valence-corrected chi connectivity index (χ4v) is 2.84. The van der Waals surface area contributed by atoms with Crippen molar-refractivity contribution in [3.05, 3.63) is 27.5 Å². The van der Waals surface area contributed by atoms with E-state index in [1.807, 2.05) is 0 Å². The Morgan fingerprint density at radius 3 is 2.79 bits per heavy atom. The molecule has 0 radical (unpaired) electrons. The third kappa shape index (κ3) is 1.40. The van der Waals surface area contributed by atoms with Crippen molar-refractivity contribution in [1.82, 2.24) is 0 Å². The minimum Gasteiger partial charge on any atom is -0.506 e. The topological polar surface area (TPSA) is 20.2 Å². The van der Waals surface area contributed by atoms with Crippen LogP contribution in [0.5, 0.6) is 5.75 Å². The van der Waals surface area contributed by atoms with Crippen LogP contribution in [0.25, 0.3) is 10.1 Å².